The predicted molar refractivity (Wildman–Crippen MR) is 72.3 cm³/mol. The highest BCUT2D eigenvalue weighted by Crippen LogP contribution is 1.88. The second kappa shape index (κ2) is 10.3. The van der Waals surface area contributed by atoms with Crippen LogP contribution in [-0.4, -0.2) is 46.9 Å². The number of hydrogen-bond donors (Lipinski definition) is 2. The summed E-state index contributed by atoms with van der Waals surface area (Å²) in [6.07, 6.45) is 0. The Morgan fingerprint density at radius 3 is 1.58 bits per heavy atom. The zero-order valence-electron chi connectivity index (χ0n) is 12.8. The molecule has 6 heteroatoms. The summed E-state index contributed by atoms with van der Waals surface area (Å²) in [6.45, 7) is 10.5. The molecule has 2 N–H and O–H groups in total. The fourth-order valence-corrected chi connectivity index (χ4v) is 0.606. The van der Waals surface area contributed by atoms with Crippen LogP contribution in [0.1, 0.15) is 13.8 Å². The highest BCUT2D eigenvalue weighted by atomic mass is 16.7. The van der Waals surface area contributed by atoms with E-state index in [-0.39, 0.29) is 11.9 Å². The Hall–Kier alpha value is -1.66. The Balaban J connectivity index is 0. The van der Waals surface area contributed by atoms with E-state index in [4.69, 9.17) is 4.74 Å². The van der Waals surface area contributed by atoms with E-state index in [0.717, 1.165) is 4.90 Å². The molecule has 0 radical (unpaired) electrons. The number of nitrogens with one attached hydrogen (secondary N) is 2. The number of hydroxylamine groups is 2. The van der Waals surface area contributed by atoms with Gasteiger partial charge in [-0.25, -0.2) is 9.59 Å². The second-order valence-corrected chi connectivity index (χ2v) is 4.64. The molecule has 0 aliphatic heterocycles. The molecule has 0 saturated heterocycles. The average Bonchev–Trinajstić information content (AvgIpc) is 2.25. The Labute approximate surface area is 115 Å². The van der Waals surface area contributed by atoms with Gasteiger partial charge < -0.3 is 9.64 Å². The highest BCUT2D eigenvalue weighted by Gasteiger charge is 2.06. The van der Waals surface area contributed by atoms with Gasteiger partial charge in [-0.15, -0.1) is 5.06 Å². The smallest absolute Gasteiger partial charge is 0.392 e. The van der Waals surface area contributed by atoms with Crippen molar-refractivity contribution in [3.63, 3.8) is 0 Å². The van der Waals surface area contributed by atoms with Crippen LogP contribution in [0.4, 0.5) is 0 Å². The summed E-state index contributed by atoms with van der Waals surface area (Å²) in [6, 6.07) is 0. The maximum absolute atomic E-state index is 10.7. The van der Waals surface area contributed by atoms with Crippen molar-refractivity contribution in [1.29, 1.82) is 0 Å². The van der Waals surface area contributed by atoms with Crippen molar-refractivity contribution >= 4 is 11.9 Å². The molecule has 0 unspecified atom stereocenters. The number of quaternary nitrogens is 2. The summed E-state index contributed by atoms with van der Waals surface area (Å²) in [7, 11) is 7.26. The van der Waals surface area contributed by atoms with Crippen LogP contribution in [0, 0.1) is 0 Å². The summed E-state index contributed by atoms with van der Waals surface area (Å²) < 4.78 is 4.79. The molecule has 0 heterocycles. The Morgan fingerprint density at radius 1 is 0.947 bits per heavy atom. The first kappa shape index (κ1) is 19.7. The molecule has 0 atom stereocenters. The van der Waals surface area contributed by atoms with Gasteiger partial charge in [-0.1, -0.05) is 13.2 Å². The minimum Gasteiger partial charge on any atom is -0.412 e. The third kappa shape index (κ3) is 14.3. The van der Waals surface area contributed by atoms with E-state index in [2.05, 4.69) is 18.0 Å². The predicted octanol–water partition coefficient (Wildman–Crippen LogP) is -1.63. The highest BCUT2D eigenvalue weighted by molar-refractivity contribution is 5.87. The fourth-order valence-electron chi connectivity index (χ4n) is 0.606. The number of esters is 1. The molecule has 0 saturated carbocycles. The normalized spacial score (nSPS) is 9.47. The summed E-state index contributed by atoms with van der Waals surface area (Å²) in [4.78, 5) is 27.1. The Bertz CT molecular complexity index is 336. The van der Waals surface area contributed by atoms with Gasteiger partial charge in [0.25, 0.3) is 0 Å². The number of hydrogen-bond acceptors (Lipinski definition) is 4. The first-order chi connectivity index (χ1) is 8.57. The van der Waals surface area contributed by atoms with Gasteiger partial charge in [-0.05, 0) is 13.8 Å². The Kier molecular flexibility index (Phi) is 10.6. The molecule has 110 valence electrons. The van der Waals surface area contributed by atoms with Crippen LogP contribution in [0.15, 0.2) is 24.3 Å². The fraction of sp³-hybridized carbons (Fsp3) is 0.538. The van der Waals surface area contributed by atoms with Crippen LogP contribution in [0.25, 0.3) is 0 Å². The molecular formula is C13H26N2O4+2. The first-order valence-electron chi connectivity index (χ1n) is 5.87. The first-order valence-corrected chi connectivity index (χ1v) is 5.87. The van der Waals surface area contributed by atoms with E-state index in [1.165, 1.54) is 0 Å². The minimum atomic E-state index is -0.352. The van der Waals surface area contributed by atoms with Crippen LogP contribution >= 0.6 is 0 Å². The van der Waals surface area contributed by atoms with Crippen molar-refractivity contribution in [3.05, 3.63) is 24.3 Å². The number of carbonyl (C=O) groups excluding carboxylic acids is 2. The van der Waals surface area contributed by atoms with Crippen LogP contribution in [-0.2, 0) is 19.2 Å². The van der Waals surface area contributed by atoms with Crippen molar-refractivity contribution in [1.82, 2.24) is 0 Å². The summed E-state index contributed by atoms with van der Waals surface area (Å²) in [5.74, 6) is -0.670. The van der Waals surface area contributed by atoms with E-state index in [0.29, 0.717) is 22.9 Å². The molecule has 0 bridgehead atoms. The number of carbonyl (C=O) groups is 2. The third-order valence-electron chi connectivity index (χ3n) is 1.49. The lowest BCUT2D eigenvalue weighted by Gasteiger charge is -2.06. The lowest BCUT2D eigenvalue weighted by atomic mass is 10.4. The topological polar surface area (TPSA) is 61.5 Å². The van der Waals surface area contributed by atoms with Gasteiger partial charge in [0.15, 0.2) is 0 Å². The monoisotopic (exact) mass is 274 g/mol. The number of rotatable bonds is 5. The van der Waals surface area contributed by atoms with E-state index in [1.54, 1.807) is 27.9 Å². The quantitative estimate of drug-likeness (QED) is 0.274. The van der Waals surface area contributed by atoms with Gasteiger partial charge in [0.1, 0.15) is 14.1 Å². The molecule has 0 aromatic rings. The van der Waals surface area contributed by atoms with Gasteiger partial charge >= 0.3 is 11.9 Å². The van der Waals surface area contributed by atoms with Gasteiger partial charge in [0.2, 0.25) is 6.73 Å². The second-order valence-electron chi connectivity index (χ2n) is 4.64. The molecule has 19 heavy (non-hydrogen) atoms. The largest absolute Gasteiger partial charge is 0.412 e. The van der Waals surface area contributed by atoms with Gasteiger partial charge in [-0.2, -0.15) is 0 Å². The van der Waals surface area contributed by atoms with E-state index in [1.807, 2.05) is 14.1 Å². The van der Waals surface area contributed by atoms with Crippen molar-refractivity contribution < 1.29 is 29.1 Å². The lowest BCUT2D eigenvalue weighted by molar-refractivity contribution is -1.04. The van der Waals surface area contributed by atoms with Crippen molar-refractivity contribution in [2.75, 3.05) is 34.9 Å². The third-order valence-corrected chi connectivity index (χ3v) is 1.49. The molecule has 0 fully saturated rings. The van der Waals surface area contributed by atoms with Gasteiger partial charge in [0.05, 0.1) is 14.1 Å². The summed E-state index contributed by atoms with van der Waals surface area (Å²) >= 11 is 0. The molecule has 6 nitrogen and oxygen atoms in total. The van der Waals surface area contributed by atoms with Crippen LogP contribution in [0.2, 0.25) is 0 Å². The maximum Gasteiger partial charge on any atom is 0.392 e. The van der Waals surface area contributed by atoms with E-state index in [9.17, 15) is 9.59 Å². The van der Waals surface area contributed by atoms with Crippen LogP contribution in [0.5, 0.6) is 0 Å². The summed E-state index contributed by atoms with van der Waals surface area (Å²) in [5, 5.41) is 0.642. The summed E-state index contributed by atoms with van der Waals surface area (Å²) in [5.41, 5.74) is 0.873. The molecule has 0 aromatic carbocycles. The van der Waals surface area contributed by atoms with Crippen molar-refractivity contribution in [2.24, 2.45) is 0 Å². The van der Waals surface area contributed by atoms with Gasteiger partial charge in [-0.3, -0.25) is 4.84 Å². The number of ether oxygens (including phenoxy) is 1. The van der Waals surface area contributed by atoms with Crippen LogP contribution in [0.3, 0.4) is 0 Å². The lowest BCUT2D eigenvalue weighted by Crippen LogP contribution is -3.06. The molecule has 0 aliphatic carbocycles. The molecule has 0 aromatic heterocycles. The molecule has 0 amide bonds. The van der Waals surface area contributed by atoms with Crippen molar-refractivity contribution in [2.45, 2.75) is 13.8 Å². The maximum atomic E-state index is 10.7. The minimum absolute atomic E-state index is 0.318. The van der Waals surface area contributed by atoms with E-state index >= 15 is 0 Å². The molecule has 0 rings (SSSR count). The van der Waals surface area contributed by atoms with E-state index < -0.39 is 0 Å². The molecule has 0 aliphatic rings. The zero-order chi connectivity index (χ0) is 15.6. The molecular weight excluding hydrogens is 248 g/mol. The average molecular weight is 274 g/mol. The zero-order valence-corrected chi connectivity index (χ0v) is 12.8. The molecule has 0 spiro atoms. The standard InChI is InChI=1S/C7H13NO2.C6H11NO2/c1-6(2)7(9)10-5-8(3)4;1-5(2)6(8)9-7(3)4/h1,5H2,2-4H3;1H2,2-4H3/p+2. The van der Waals surface area contributed by atoms with Crippen molar-refractivity contribution in [3.8, 4) is 0 Å². The van der Waals surface area contributed by atoms with Gasteiger partial charge in [0, 0.05) is 11.1 Å². The Morgan fingerprint density at radius 2 is 1.37 bits per heavy atom. The SMILES string of the molecule is C=C(C)C(=O)OC[NH+](C)C.C=C(C)C(=O)O[NH+](C)C. The van der Waals surface area contributed by atoms with Crippen LogP contribution < -0.4 is 9.96 Å².